The van der Waals surface area contributed by atoms with E-state index in [1.807, 2.05) is 0 Å². The molecule has 0 radical (unpaired) electrons. The van der Waals surface area contributed by atoms with E-state index in [1.165, 1.54) is 30.7 Å². The summed E-state index contributed by atoms with van der Waals surface area (Å²) in [5, 5.41) is 31.7. The Labute approximate surface area is 186 Å². The van der Waals surface area contributed by atoms with E-state index in [0.29, 0.717) is 16.1 Å². The Hall–Kier alpha value is -2.68. The van der Waals surface area contributed by atoms with Gasteiger partial charge in [-0.15, -0.1) is 0 Å². The molecule has 0 fully saturated rings. The maximum atomic E-state index is 11.7. The van der Waals surface area contributed by atoms with E-state index < -0.39 is 17.8 Å². The van der Waals surface area contributed by atoms with Gasteiger partial charge in [-0.2, -0.15) is 5.10 Å². The number of rotatable bonds is 3. The molecule has 29 heavy (non-hydrogen) atoms. The van der Waals surface area contributed by atoms with E-state index >= 15 is 0 Å². The Morgan fingerprint density at radius 2 is 1.59 bits per heavy atom. The van der Waals surface area contributed by atoms with Crippen molar-refractivity contribution in [1.29, 1.82) is 0 Å². The van der Waals surface area contributed by atoms with E-state index in [2.05, 4.69) is 15.5 Å². The summed E-state index contributed by atoms with van der Waals surface area (Å²) in [5.41, 5.74) is 3.04. The van der Waals surface area contributed by atoms with Crippen molar-refractivity contribution in [2.45, 2.75) is 13.8 Å². The Kier molecular flexibility index (Phi) is 15.0. The monoisotopic (exact) mass is 485 g/mol. The van der Waals surface area contributed by atoms with Crippen LogP contribution in [0, 0.1) is 0 Å². The number of amides is 1. The zero-order chi connectivity index (χ0) is 21.7. The van der Waals surface area contributed by atoms with Gasteiger partial charge in [0, 0.05) is 40.5 Å². The van der Waals surface area contributed by atoms with Crippen molar-refractivity contribution in [3.8, 4) is 5.75 Å². The predicted molar refractivity (Wildman–Crippen MR) is 98.8 cm³/mol. The van der Waals surface area contributed by atoms with Gasteiger partial charge in [-0.3, -0.25) is 9.78 Å². The Balaban J connectivity index is 0. The molecule has 0 bridgehead atoms. The number of aromatic hydroxyl groups is 1. The van der Waals surface area contributed by atoms with Crippen LogP contribution in [0.2, 0.25) is 10.0 Å². The zero-order valence-electron chi connectivity index (χ0n) is 15.0. The first-order valence-corrected chi connectivity index (χ1v) is 8.06. The number of carbonyl (C=O) groups is 3. The summed E-state index contributed by atoms with van der Waals surface area (Å²) in [4.78, 5) is 33.3. The van der Waals surface area contributed by atoms with Crippen LogP contribution in [-0.4, -0.2) is 34.2 Å². The summed E-state index contributed by atoms with van der Waals surface area (Å²) < 4.78 is 0. The average molecular weight is 487 g/mol. The number of phenols is 1. The minimum atomic E-state index is -1.08. The number of benzene rings is 1. The first kappa shape index (κ1) is 28.5. The van der Waals surface area contributed by atoms with Gasteiger partial charge in [-0.1, -0.05) is 23.2 Å². The fourth-order valence-corrected chi connectivity index (χ4v) is 1.92. The van der Waals surface area contributed by atoms with Gasteiger partial charge < -0.3 is 24.9 Å². The van der Waals surface area contributed by atoms with Crippen LogP contribution in [0.4, 0.5) is 0 Å². The number of phenolic OH excluding ortho intramolecular Hbond substituents is 1. The molecule has 0 atom stereocenters. The molecule has 0 aliphatic heterocycles. The van der Waals surface area contributed by atoms with Crippen LogP contribution in [0.5, 0.6) is 5.75 Å². The van der Waals surface area contributed by atoms with Crippen molar-refractivity contribution in [1.82, 2.24) is 10.4 Å². The predicted octanol–water partition coefficient (Wildman–Crippen LogP) is 0.368. The summed E-state index contributed by atoms with van der Waals surface area (Å²) in [6.45, 7) is 1.94. The molecule has 2 aromatic rings. The van der Waals surface area contributed by atoms with Crippen LogP contribution in [0.25, 0.3) is 0 Å². The number of hydrogen-bond acceptors (Lipinski definition) is 8. The van der Waals surface area contributed by atoms with Gasteiger partial charge in [0.15, 0.2) is 0 Å². The summed E-state index contributed by atoms with van der Waals surface area (Å²) in [6, 6.07) is 5.99. The third-order valence-electron chi connectivity index (χ3n) is 2.37. The number of halogens is 2. The van der Waals surface area contributed by atoms with Crippen molar-refractivity contribution in [3.63, 3.8) is 0 Å². The number of aliphatic carboxylic acids is 2. The fraction of sp³-hybridized carbons (Fsp3) is 0.118. The molecule has 2 N–H and O–H groups in total. The number of nitrogens with zero attached hydrogens (tertiary/aromatic N) is 2. The summed E-state index contributed by atoms with van der Waals surface area (Å²) in [5.74, 6) is -2.71. The quantitative estimate of drug-likeness (QED) is 0.360. The van der Waals surface area contributed by atoms with Crippen LogP contribution in [-0.2, 0) is 26.1 Å². The maximum absolute atomic E-state index is 11.7. The van der Waals surface area contributed by atoms with Crippen LogP contribution >= 0.6 is 23.2 Å². The number of nitrogens with one attached hydrogen (secondary N) is 1. The third kappa shape index (κ3) is 14.0. The molecule has 1 aromatic heterocycles. The van der Waals surface area contributed by atoms with Crippen molar-refractivity contribution < 1.29 is 46.2 Å². The van der Waals surface area contributed by atoms with Gasteiger partial charge in [0.1, 0.15) is 5.75 Å². The Morgan fingerprint density at radius 3 is 2.07 bits per heavy atom. The van der Waals surface area contributed by atoms with Crippen molar-refractivity contribution in [2.24, 2.45) is 5.10 Å². The van der Waals surface area contributed by atoms with Gasteiger partial charge in [-0.25, -0.2) is 5.43 Å². The summed E-state index contributed by atoms with van der Waals surface area (Å²) in [7, 11) is 0. The van der Waals surface area contributed by atoms with Crippen molar-refractivity contribution in [3.05, 3.63) is 57.8 Å². The first-order valence-electron chi connectivity index (χ1n) is 7.31. The molecule has 9 nitrogen and oxygen atoms in total. The largest absolute Gasteiger partial charge is 2.00 e. The van der Waals surface area contributed by atoms with Gasteiger partial charge in [0.05, 0.1) is 11.2 Å². The zero-order valence-corrected chi connectivity index (χ0v) is 17.5. The van der Waals surface area contributed by atoms with E-state index in [4.69, 9.17) is 43.0 Å². The SMILES string of the molecule is CC(=O)[O-].CC(=O)[O-].O=C(NN=Cc1cc(Cl)cc(Cl)c1O)c1ccncc1.[Ni+2]. The fourth-order valence-electron chi connectivity index (χ4n) is 1.41. The third-order valence-corrected chi connectivity index (χ3v) is 2.88. The number of hydrogen-bond donors (Lipinski definition) is 2. The second-order valence-corrected chi connectivity index (χ2v) is 5.59. The number of carboxylic acids is 2. The molecule has 1 heterocycles. The molecule has 0 saturated heterocycles. The maximum Gasteiger partial charge on any atom is 2.00 e. The average Bonchev–Trinajstić information content (AvgIpc) is 2.58. The number of carbonyl (C=O) groups excluding carboxylic acids is 3. The molecule has 1 aromatic carbocycles. The minimum Gasteiger partial charge on any atom is -0.550 e. The van der Waals surface area contributed by atoms with Gasteiger partial charge in [0.2, 0.25) is 0 Å². The van der Waals surface area contributed by atoms with Crippen LogP contribution in [0.3, 0.4) is 0 Å². The van der Waals surface area contributed by atoms with E-state index in [9.17, 15) is 9.90 Å². The number of aromatic nitrogens is 1. The van der Waals surface area contributed by atoms with Gasteiger partial charge >= 0.3 is 16.5 Å². The molecule has 0 saturated carbocycles. The molecule has 1 amide bonds. The summed E-state index contributed by atoms with van der Waals surface area (Å²) in [6.07, 6.45) is 4.26. The molecule has 0 spiro atoms. The topological polar surface area (TPSA) is 155 Å². The smallest absolute Gasteiger partial charge is 0.550 e. The Morgan fingerprint density at radius 1 is 1.10 bits per heavy atom. The number of carboxylic acid groups (broad SMARTS) is 2. The normalized spacial score (nSPS) is 9.10. The van der Waals surface area contributed by atoms with E-state index in [1.54, 1.807) is 12.1 Å². The van der Waals surface area contributed by atoms with E-state index in [-0.39, 0.29) is 27.3 Å². The van der Waals surface area contributed by atoms with Gasteiger partial charge in [0.25, 0.3) is 5.91 Å². The second-order valence-electron chi connectivity index (χ2n) is 4.74. The molecule has 0 aliphatic carbocycles. The molecule has 0 unspecified atom stereocenters. The van der Waals surface area contributed by atoms with E-state index in [0.717, 1.165) is 13.8 Å². The van der Waals surface area contributed by atoms with Crippen molar-refractivity contribution >= 4 is 47.3 Å². The molecule has 0 aliphatic rings. The number of pyridine rings is 1. The standard InChI is InChI=1S/C13H9Cl2N3O2.2C2H4O2.Ni/c14-10-5-9(12(19)11(15)6-10)7-17-18-13(20)8-1-3-16-4-2-8;2*1-2(3)4;/h1-7,19H,(H,18,20);2*1H3,(H,3,4);/q;;;+2/p-2. The van der Waals surface area contributed by atoms with Crippen LogP contribution < -0.4 is 15.6 Å². The molecule has 12 heteroatoms. The van der Waals surface area contributed by atoms with Crippen LogP contribution in [0.1, 0.15) is 29.8 Å². The van der Waals surface area contributed by atoms with Crippen molar-refractivity contribution in [2.75, 3.05) is 0 Å². The minimum absolute atomic E-state index is 0. The number of hydrazone groups is 1. The Bertz CT molecular complexity index is 831. The summed E-state index contributed by atoms with van der Waals surface area (Å²) >= 11 is 11.6. The molecular formula is C17H15Cl2N3NiO6. The first-order chi connectivity index (χ1) is 13.0. The molecule has 158 valence electrons. The van der Waals surface area contributed by atoms with Crippen LogP contribution in [0.15, 0.2) is 41.8 Å². The van der Waals surface area contributed by atoms with Gasteiger partial charge in [-0.05, 0) is 38.1 Å². The molecule has 2 rings (SSSR count). The molecular weight excluding hydrogens is 472 g/mol. The second kappa shape index (κ2) is 15.3.